The van der Waals surface area contributed by atoms with E-state index in [9.17, 15) is 0 Å². The van der Waals surface area contributed by atoms with Crippen LogP contribution in [0.2, 0.25) is 0 Å². The third-order valence-electron chi connectivity index (χ3n) is 2.63. The third kappa shape index (κ3) is 2.30. The van der Waals surface area contributed by atoms with E-state index in [4.69, 9.17) is 5.26 Å². The number of aromatic nitrogens is 1. The van der Waals surface area contributed by atoms with Crippen molar-refractivity contribution in [2.75, 3.05) is 23.7 Å². The number of pyridine rings is 1. The molecule has 1 aliphatic heterocycles. The van der Waals surface area contributed by atoms with E-state index >= 15 is 0 Å². The van der Waals surface area contributed by atoms with Crippen LogP contribution in [-0.4, -0.2) is 28.6 Å². The predicted molar refractivity (Wildman–Crippen MR) is 67.7 cm³/mol. The summed E-state index contributed by atoms with van der Waals surface area (Å²) in [5.74, 6) is 1.92. The maximum atomic E-state index is 9.06. The molecular weight excluding hydrogens is 218 g/mol. The van der Waals surface area contributed by atoms with E-state index in [1.54, 1.807) is 6.20 Å². The number of thioether (sulfide) groups is 1. The van der Waals surface area contributed by atoms with Gasteiger partial charge in [0.15, 0.2) is 0 Å². The molecule has 84 valence electrons. The Labute approximate surface area is 100 Å². The van der Waals surface area contributed by atoms with Crippen LogP contribution in [0.3, 0.4) is 0 Å². The van der Waals surface area contributed by atoms with E-state index in [-0.39, 0.29) is 4.75 Å². The Morgan fingerprint density at radius 2 is 2.38 bits per heavy atom. The van der Waals surface area contributed by atoms with Crippen LogP contribution in [0, 0.1) is 11.3 Å². The Morgan fingerprint density at radius 1 is 1.56 bits per heavy atom. The zero-order chi connectivity index (χ0) is 11.6. The highest BCUT2D eigenvalue weighted by Gasteiger charge is 2.28. The summed E-state index contributed by atoms with van der Waals surface area (Å²) in [6.45, 7) is 6.39. The van der Waals surface area contributed by atoms with Crippen LogP contribution in [-0.2, 0) is 0 Å². The van der Waals surface area contributed by atoms with Crippen LogP contribution in [0.5, 0.6) is 0 Å². The molecular formula is C12H15N3S. The van der Waals surface area contributed by atoms with Gasteiger partial charge in [0.25, 0.3) is 0 Å². The molecule has 1 aliphatic rings. The number of rotatable bonds is 1. The molecule has 0 spiro atoms. The molecule has 0 atom stereocenters. The number of anilines is 1. The van der Waals surface area contributed by atoms with Crippen molar-refractivity contribution in [3.63, 3.8) is 0 Å². The molecule has 0 unspecified atom stereocenters. The van der Waals surface area contributed by atoms with Crippen molar-refractivity contribution in [1.29, 1.82) is 5.26 Å². The van der Waals surface area contributed by atoms with Gasteiger partial charge in [-0.25, -0.2) is 4.98 Å². The molecule has 0 saturated carbocycles. The predicted octanol–water partition coefficient (Wildman–Crippen LogP) is 2.29. The fourth-order valence-electron chi connectivity index (χ4n) is 1.93. The van der Waals surface area contributed by atoms with Crippen molar-refractivity contribution >= 4 is 17.6 Å². The first kappa shape index (κ1) is 11.3. The minimum Gasteiger partial charge on any atom is -0.353 e. The average molecular weight is 233 g/mol. The lowest BCUT2D eigenvalue weighted by Gasteiger charge is -2.38. The summed E-state index contributed by atoms with van der Waals surface area (Å²) in [6.07, 6.45) is 1.75. The number of hydrogen-bond acceptors (Lipinski definition) is 4. The molecule has 1 aromatic rings. The zero-order valence-corrected chi connectivity index (χ0v) is 10.4. The minimum atomic E-state index is 0.239. The van der Waals surface area contributed by atoms with Gasteiger partial charge in [-0.3, -0.25) is 0 Å². The third-order valence-corrected chi connectivity index (χ3v) is 3.93. The smallest absolute Gasteiger partial charge is 0.146 e. The number of nitriles is 1. The Bertz CT molecular complexity index is 423. The zero-order valence-electron chi connectivity index (χ0n) is 9.60. The monoisotopic (exact) mass is 233 g/mol. The molecule has 16 heavy (non-hydrogen) atoms. The fraction of sp³-hybridized carbons (Fsp3) is 0.500. The topological polar surface area (TPSA) is 39.9 Å². The summed E-state index contributed by atoms with van der Waals surface area (Å²) in [6, 6.07) is 5.85. The van der Waals surface area contributed by atoms with Gasteiger partial charge in [-0.15, -0.1) is 0 Å². The largest absolute Gasteiger partial charge is 0.353 e. The normalized spacial score (nSPS) is 19.2. The second-order valence-electron chi connectivity index (χ2n) is 4.52. The highest BCUT2D eigenvalue weighted by Crippen LogP contribution is 2.32. The summed E-state index contributed by atoms with van der Waals surface area (Å²) >= 11 is 1.98. The first-order valence-electron chi connectivity index (χ1n) is 5.36. The maximum absolute atomic E-state index is 9.06. The van der Waals surface area contributed by atoms with E-state index in [0.717, 1.165) is 24.7 Å². The Balaban J connectivity index is 2.27. The van der Waals surface area contributed by atoms with E-state index in [0.29, 0.717) is 5.56 Å². The van der Waals surface area contributed by atoms with Crippen molar-refractivity contribution in [1.82, 2.24) is 4.98 Å². The molecule has 0 radical (unpaired) electrons. The molecule has 0 N–H and O–H groups in total. The van der Waals surface area contributed by atoms with Gasteiger partial charge >= 0.3 is 0 Å². The van der Waals surface area contributed by atoms with Gasteiger partial charge in [0.1, 0.15) is 11.9 Å². The summed E-state index contributed by atoms with van der Waals surface area (Å²) in [5.41, 5.74) is 0.671. The van der Waals surface area contributed by atoms with Gasteiger partial charge < -0.3 is 4.90 Å². The van der Waals surface area contributed by atoms with E-state index < -0.39 is 0 Å². The molecule has 4 heteroatoms. The van der Waals surface area contributed by atoms with Crippen LogP contribution >= 0.6 is 11.8 Å². The van der Waals surface area contributed by atoms with Crippen molar-refractivity contribution in [3.05, 3.63) is 23.9 Å². The number of nitrogens with zero attached hydrogens (tertiary/aromatic N) is 3. The molecule has 0 bridgehead atoms. The molecule has 1 saturated heterocycles. The molecule has 0 aromatic carbocycles. The first-order chi connectivity index (χ1) is 7.62. The van der Waals surface area contributed by atoms with Gasteiger partial charge in [-0.1, -0.05) is 0 Å². The molecule has 0 amide bonds. The summed E-state index contributed by atoms with van der Waals surface area (Å²) < 4.78 is 0.239. The van der Waals surface area contributed by atoms with Crippen LogP contribution < -0.4 is 4.90 Å². The highest BCUT2D eigenvalue weighted by atomic mass is 32.2. The van der Waals surface area contributed by atoms with Gasteiger partial charge in [-0.05, 0) is 26.0 Å². The first-order valence-corrected chi connectivity index (χ1v) is 6.35. The molecule has 0 aliphatic carbocycles. The van der Waals surface area contributed by atoms with Crippen LogP contribution in [0.1, 0.15) is 19.4 Å². The lowest BCUT2D eigenvalue weighted by Crippen LogP contribution is -2.43. The van der Waals surface area contributed by atoms with Crippen LogP contribution in [0.25, 0.3) is 0 Å². The van der Waals surface area contributed by atoms with Crippen molar-refractivity contribution in [2.24, 2.45) is 0 Å². The lowest BCUT2D eigenvalue weighted by atomic mass is 10.1. The van der Waals surface area contributed by atoms with Crippen molar-refractivity contribution < 1.29 is 0 Å². The van der Waals surface area contributed by atoms with Gasteiger partial charge in [0, 0.05) is 29.8 Å². The molecule has 1 aromatic heterocycles. The Morgan fingerprint density at radius 3 is 3.06 bits per heavy atom. The standard InChI is InChI=1S/C12H15N3S/c1-12(2)9-15(6-7-16-12)11-10(8-13)4-3-5-14-11/h3-5H,6-7,9H2,1-2H3. The van der Waals surface area contributed by atoms with Crippen molar-refractivity contribution in [3.8, 4) is 6.07 Å². The van der Waals surface area contributed by atoms with Crippen molar-refractivity contribution in [2.45, 2.75) is 18.6 Å². The summed E-state index contributed by atoms with van der Waals surface area (Å²) in [7, 11) is 0. The maximum Gasteiger partial charge on any atom is 0.146 e. The quantitative estimate of drug-likeness (QED) is 0.746. The second kappa shape index (κ2) is 4.34. The average Bonchev–Trinajstić information content (AvgIpc) is 2.27. The van der Waals surface area contributed by atoms with E-state index in [1.165, 1.54) is 0 Å². The highest BCUT2D eigenvalue weighted by molar-refractivity contribution is 8.00. The van der Waals surface area contributed by atoms with Gasteiger partial charge in [0.2, 0.25) is 0 Å². The lowest BCUT2D eigenvalue weighted by molar-refractivity contribution is 0.642. The minimum absolute atomic E-state index is 0.239. The fourth-order valence-corrected chi connectivity index (χ4v) is 3.04. The second-order valence-corrected chi connectivity index (χ2v) is 6.32. The molecule has 3 nitrogen and oxygen atoms in total. The van der Waals surface area contributed by atoms with Crippen LogP contribution in [0.4, 0.5) is 5.82 Å². The van der Waals surface area contributed by atoms with Gasteiger partial charge in [0.05, 0.1) is 5.56 Å². The van der Waals surface area contributed by atoms with Gasteiger partial charge in [-0.2, -0.15) is 17.0 Å². The summed E-state index contributed by atoms with van der Waals surface area (Å²) in [5, 5.41) is 9.06. The Hall–Kier alpha value is -1.21. The molecule has 2 heterocycles. The molecule has 1 fully saturated rings. The van der Waals surface area contributed by atoms with E-state index in [2.05, 4.69) is 29.8 Å². The summed E-state index contributed by atoms with van der Waals surface area (Å²) in [4.78, 5) is 6.55. The SMILES string of the molecule is CC1(C)CN(c2ncccc2C#N)CCS1. The Kier molecular flexibility index (Phi) is 3.06. The molecule has 2 rings (SSSR count). The van der Waals surface area contributed by atoms with E-state index in [1.807, 2.05) is 23.9 Å². The number of hydrogen-bond donors (Lipinski definition) is 0. The van der Waals surface area contributed by atoms with Crippen LogP contribution in [0.15, 0.2) is 18.3 Å².